The number of hydrogen-bond donors (Lipinski definition) is 0. The minimum atomic E-state index is -4.75. The van der Waals surface area contributed by atoms with Crippen LogP contribution in [0, 0.1) is 6.92 Å². The zero-order valence-corrected chi connectivity index (χ0v) is 22.4. The molecule has 206 valence electrons. The summed E-state index contributed by atoms with van der Waals surface area (Å²) in [6.45, 7) is 1.74. The van der Waals surface area contributed by atoms with Crippen LogP contribution in [0.15, 0.2) is 76.5 Å². The molecule has 13 heteroatoms. The van der Waals surface area contributed by atoms with Crippen LogP contribution < -0.4 is 8.92 Å². The standard InChI is InChI=1S/C25H26F3NO7S2/c1-18-7-10-21(11-8-18)37(30,31)29(13-14-34-2)17-19-9-12-23(35-3)24(15-19)36-38(32,33)22-6-4-5-20(16-22)25(26,27)28/h4-12,15-16H,13-14,17H2,1-3H3. The van der Waals surface area contributed by atoms with Crippen LogP contribution in [0.2, 0.25) is 0 Å². The van der Waals surface area contributed by atoms with Gasteiger partial charge in [0.25, 0.3) is 0 Å². The monoisotopic (exact) mass is 573 g/mol. The molecular formula is C25H26F3NO7S2. The largest absolute Gasteiger partial charge is 0.493 e. The van der Waals surface area contributed by atoms with Gasteiger partial charge in [0.1, 0.15) is 4.90 Å². The first-order chi connectivity index (χ1) is 17.8. The van der Waals surface area contributed by atoms with Crippen molar-refractivity contribution in [3.05, 3.63) is 83.4 Å². The fraction of sp³-hybridized carbons (Fsp3) is 0.280. The molecule has 0 bridgehead atoms. The maximum atomic E-state index is 13.3. The summed E-state index contributed by atoms with van der Waals surface area (Å²) in [4.78, 5) is -0.639. The van der Waals surface area contributed by atoms with Crippen LogP contribution in [-0.4, -0.2) is 48.5 Å². The molecule has 0 aromatic heterocycles. The molecule has 0 aliphatic rings. The Morgan fingerprint density at radius 2 is 1.53 bits per heavy atom. The van der Waals surface area contributed by atoms with Gasteiger partial charge in [0, 0.05) is 20.2 Å². The van der Waals surface area contributed by atoms with Crippen LogP contribution in [0.25, 0.3) is 0 Å². The Balaban J connectivity index is 1.95. The first-order valence-electron chi connectivity index (χ1n) is 11.1. The van der Waals surface area contributed by atoms with Gasteiger partial charge in [0.05, 0.1) is 24.2 Å². The summed E-state index contributed by atoms with van der Waals surface area (Å²) in [5, 5.41) is 0. The van der Waals surface area contributed by atoms with Gasteiger partial charge in [-0.2, -0.15) is 25.9 Å². The van der Waals surface area contributed by atoms with E-state index in [0.717, 1.165) is 28.1 Å². The van der Waals surface area contributed by atoms with Crippen molar-refractivity contribution in [3.63, 3.8) is 0 Å². The van der Waals surface area contributed by atoms with Gasteiger partial charge >= 0.3 is 16.3 Å². The minimum absolute atomic E-state index is 0.00252. The van der Waals surface area contributed by atoms with Crippen molar-refractivity contribution in [1.29, 1.82) is 0 Å². The molecule has 0 aliphatic heterocycles. The third-order valence-corrected chi connectivity index (χ3v) is 8.53. The van der Waals surface area contributed by atoms with E-state index in [-0.39, 0.29) is 36.1 Å². The average molecular weight is 574 g/mol. The van der Waals surface area contributed by atoms with Crippen molar-refractivity contribution in [2.75, 3.05) is 27.4 Å². The zero-order chi connectivity index (χ0) is 28.1. The molecule has 0 atom stereocenters. The smallest absolute Gasteiger partial charge is 0.416 e. The molecule has 0 heterocycles. The Morgan fingerprint density at radius 3 is 2.13 bits per heavy atom. The highest BCUT2D eigenvalue weighted by atomic mass is 32.2. The van der Waals surface area contributed by atoms with Gasteiger partial charge in [-0.15, -0.1) is 0 Å². The number of sulfonamides is 1. The van der Waals surface area contributed by atoms with Gasteiger partial charge in [-0.1, -0.05) is 29.8 Å². The Hall–Kier alpha value is -3.13. The number of rotatable bonds is 11. The number of aryl methyl sites for hydroxylation is 1. The lowest BCUT2D eigenvalue weighted by atomic mass is 10.2. The highest BCUT2D eigenvalue weighted by Gasteiger charge is 2.32. The molecule has 8 nitrogen and oxygen atoms in total. The lowest BCUT2D eigenvalue weighted by Gasteiger charge is -2.23. The molecule has 0 amide bonds. The Labute approximate surface area is 219 Å². The highest BCUT2D eigenvalue weighted by Crippen LogP contribution is 2.34. The lowest BCUT2D eigenvalue weighted by Crippen LogP contribution is -2.33. The number of nitrogens with zero attached hydrogens (tertiary/aromatic N) is 1. The summed E-state index contributed by atoms with van der Waals surface area (Å²) in [5.41, 5.74) is 0.0659. The predicted molar refractivity (Wildman–Crippen MR) is 133 cm³/mol. The van der Waals surface area contributed by atoms with E-state index in [1.807, 2.05) is 6.92 Å². The first-order valence-corrected chi connectivity index (χ1v) is 14.0. The number of alkyl halides is 3. The first kappa shape index (κ1) is 29.4. The van der Waals surface area contributed by atoms with Crippen molar-refractivity contribution in [3.8, 4) is 11.5 Å². The third-order valence-electron chi connectivity index (χ3n) is 5.44. The van der Waals surface area contributed by atoms with Gasteiger partial charge < -0.3 is 13.7 Å². The van der Waals surface area contributed by atoms with Crippen LogP contribution in [0.3, 0.4) is 0 Å². The minimum Gasteiger partial charge on any atom is -0.493 e. The predicted octanol–water partition coefficient (Wildman–Crippen LogP) is 4.63. The van der Waals surface area contributed by atoms with E-state index in [1.165, 1.54) is 44.6 Å². The molecule has 0 saturated heterocycles. The molecule has 38 heavy (non-hydrogen) atoms. The molecule has 0 aliphatic carbocycles. The van der Waals surface area contributed by atoms with E-state index in [0.29, 0.717) is 11.6 Å². The molecule has 0 spiro atoms. The van der Waals surface area contributed by atoms with Gasteiger partial charge in [0.2, 0.25) is 10.0 Å². The Bertz CT molecular complexity index is 1470. The van der Waals surface area contributed by atoms with E-state index >= 15 is 0 Å². The van der Waals surface area contributed by atoms with Crippen molar-refractivity contribution in [2.45, 2.75) is 29.4 Å². The van der Waals surface area contributed by atoms with E-state index in [4.69, 9.17) is 13.7 Å². The number of halogens is 3. The van der Waals surface area contributed by atoms with Gasteiger partial charge in [-0.05, 0) is 55.0 Å². The Kier molecular flexibility index (Phi) is 9.08. The van der Waals surface area contributed by atoms with Crippen LogP contribution >= 0.6 is 0 Å². The second-order valence-corrected chi connectivity index (χ2v) is 11.7. The van der Waals surface area contributed by atoms with Crippen molar-refractivity contribution in [1.82, 2.24) is 4.31 Å². The van der Waals surface area contributed by atoms with Crippen molar-refractivity contribution in [2.24, 2.45) is 0 Å². The van der Waals surface area contributed by atoms with Crippen LogP contribution in [0.1, 0.15) is 16.7 Å². The molecule has 0 radical (unpaired) electrons. The molecule has 3 rings (SSSR count). The normalized spacial score (nSPS) is 12.5. The molecule has 0 unspecified atom stereocenters. The highest BCUT2D eigenvalue weighted by molar-refractivity contribution is 7.89. The summed E-state index contributed by atoms with van der Waals surface area (Å²) in [6.07, 6.45) is -4.75. The number of benzene rings is 3. The second-order valence-electron chi connectivity index (χ2n) is 8.19. The molecule has 0 saturated carbocycles. The fourth-order valence-corrected chi connectivity index (χ4v) is 5.81. The number of methoxy groups -OCH3 is 2. The van der Waals surface area contributed by atoms with Crippen molar-refractivity contribution >= 4 is 20.1 Å². The van der Waals surface area contributed by atoms with E-state index < -0.39 is 36.8 Å². The van der Waals surface area contributed by atoms with E-state index in [1.54, 1.807) is 12.1 Å². The zero-order valence-electron chi connectivity index (χ0n) is 20.7. The third kappa shape index (κ3) is 7.04. The SMILES string of the molecule is COCCN(Cc1ccc(OC)c(OS(=O)(=O)c2cccc(C(F)(F)F)c2)c1)S(=O)(=O)c1ccc(C)cc1. The van der Waals surface area contributed by atoms with Crippen LogP contribution in [0.4, 0.5) is 13.2 Å². The summed E-state index contributed by atoms with van der Waals surface area (Å²) in [6, 6.07) is 13.6. The van der Waals surface area contributed by atoms with Crippen LogP contribution in [0.5, 0.6) is 11.5 Å². The summed E-state index contributed by atoms with van der Waals surface area (Å²) in [5.74, 6) is -0.337. The summed E-state index contributed by atoms with van der Waals surface area (Å²) >= 11 is 0. The van der Waals surface area contributed by atoms with Crippen LogP contribution in [-0.2, 0) is 37.6 Å². The van der Waals surface area contributed by atoms with Crippen molar-refractivity contribution < 1.29 is 43.7 Å². The molecule has 3 aromatic carbocycles. The number of ether oxygens (including phenoxy) is 2. The second kappa shape index (κ2) is 11.7. The molecule has 0 N–H and O–H groups in total. The quantitative estimate of drug-likeness (QED) is 0.309. The molecular weight excluding hydrogens is 547 g/mol. The molecule has 0 fully saturated rings. The Morgan fingerprint density at radius 1 is 0.842 bits per heavy atom. The lowest BCUT2D eigenvalue weighted by molar-refractivity contribution is -0.137. The molecule has 3 aromatic rings. The van der Waals surface area contributed by atoms with Gasteiger partial charge in [-0.3, -0.25) is 0 Å². The maximum Gasteiger partial charge on any atom is 0.416 e. The van der Waals surface area contributed by atoms with Gasteiger partial charge in [-0.25, -0.2) is 8.42 Å². The summed E-state index contributed by atoms with van der Waals surface area (Å²) in [7, 11) is -5.97. The van der Waals surface area contributed by atoms with E-state index in [2.05, 4.69) is 0 Å². The average Bonchev–Trinajstić information content (AvgIpc) is 2.86. The fourth-order valence-electron chi connectivity index (χ4n) is 3.42. The number of hydrogen-bond acceptors (Lipinski definition) is 7. The van der Waals surface area contributed by atoms with E-state index in [9.17, 15) is 30.0 Å². The van der Waals surface area contributed by atoms with Gasteiger partial charge in [0.15, 0.2) is 11.5 Å². The summed E-state index contributed by atoms with van der Waals surface area (Å²) < 4.78 is 108. The maximum absolute atomic E-state index is 13.3. The topological polar surface area (TPSA) is 99.2 Å².